The van der Waals surface area contributed by atoms with Crippen LogP contribution < -0.4 is 5.73 Å². The van der Waals surface area contributed by atoms with E-state index in [9.17, 15) is 4.79 Å². The van der Waals surface area contributed by atoms with Crippen LogP contribution in [0.5, 0.6) is 0 Å². The number of hydrogen-bond acceptors (Lipinski definition) is 2. The molecule has 1 aliphatic rings. The number of rotatable bonds is 4. The number of carbonyl (C=O) groups is 1. The molecule has 1 aromatic rings. The average Bonchev–Trinajstić information content (AvgIpc) is 3.02. The molecule has 15 heavy (non-hydrogen) atoms. The van der Waals surface area contributed by atoms with Crippen molar-refractivity contribution in [3.63, 3.8) is 0 Å². The fourth-order valence-corrected chi connectivity index (χ4v) is 1.92. The number of aryl methyl sites for hydroxylation is 1. The summed E-state index contributed by atoms with van der Waals surface area (Å²) in [5, 5.41) is 0. The maximum absolute atomic E-state index is 12.0. The molecule has 0 spiro atoms. The van der Waals surface area contributed by atoms with Crippen LogP contribution in [0.1, 0.15) is 24.0 Å². The van der Waals surface area contributed by atoms with E-state index in [1.165, 1.54) is 5.56 Å². The molecule has 0 radical (unpaired) electrons. The summed E-state index contributed by atoms with van der Waals surface area (Å²) >= 11 is 0. The summed E-state index contributed by atoms with van der Waals surface area (Å²) in [5.41, 5.74) is 7.81. The van der Waals surface area contributed by atoms with Crippen LogP contribution in [0, 0.1) is 12.3 Å². The van der Waals surface area contributed by atoms with Crippen LogP contribution in [0.4, 0.5) is 0 Å². The van der Waals surface area contributed by atoms with Crippen LogP contribution >= 0.6 is 0 Å². The topological polar surface area (TPSA) is 43.1 Å². The van der Waals surface area contributed by atoms with E-state index in [1.54, 1.807) is 0 Å². The summed E-state index contributed by atoms with van der Waals surface area (Å²) in [6.45, 7) is 2.56. The first-order valence-electron chi connectivity index (χ1n) is 5.46. The number of benzene rings is 1. The fourth-order valence-electron chi connectivity index (χ4n) is 1.92. The van der Waals surface area contributed by atoms with E-state index in [4.69, 9.17) is 5.73 Å². The number of ketones is 1. The molecule has 0 atom stereocenters. The van der Waals surface area contributed by atoms with Crippen molar-refractivity contribution >= 4 is 5.78 Å². The molecular formula is C13H17NO. The van der Waals surface area contributed by atoms with E-state index in [0.717, 1.165) is 18.4 Å². The summed E-state index contributed by atoms with van der Waals surface area (Å²) in [6, 6.07) is 8.06. The Labute approximate surface area is 90.5 Å². The molecule has 2 rings (SSSR count). The highest BCUT2D eigenvalue weighted by molar-refractivity contribution is 5.89. The maximum Gasteiger partial charge on any atom is 0.144 e. The Bertz CT molecular complexity index is 380. The van der Waals surface area contributed by atoms with Gasteiger partial charge in [0.1, 0.15) is 5.78 Å². The summed E-state index contributed by atoms with van der Waals surface area (Å²) in [5.74, 6) is 0.319. The number of nitrogens with two attached hydrogens (primary N) is 1. The summed E-state index contributed by atoms with van der Waals surface area (Å²) in [6.07, 6.45) is 2.51. The van der Waals surface area contributed by atoms with Crippen molar-refractivity contribution < 1.29 is 4.79 Å². The molecule has 0 unspecified atom stereocenters. The van der Waals surface area contributed by atoms with Crippen LogP contribution in [0.2, 0.25) is 0 Å². The van der Waals surface area contributed by atoms with E-state index in [0.29, 0.717) is 18.7 Å². The predicted molar refractivity (Wildman–Crippen MR) is 60.6 cm³/mol. The van der Waals surface area contributed by atoms with Gasteiger partial charge in [0.2, 0.25) is 0 Å². The molecule has 1 aliphatic carbocycles. The Morgan fingerprint density at radius 3 is 2.60 bits per heavy atom. The highest BCUT2D eigenvalue weighted by Crippen LogP contribution is 2.46. The smallest absolute Gasteiger partial charge is 0.144 e. The first-order chi connectivity index (χ1) is 7.18. The number of Topliss-reactive ketones (excluding diaryl/α,β-unsaturated/α-hetero) is 1. The van der Waals surface area contributed by atoms with Crippen LogP contribution in [0.3, 0.4) is 0 Å². The van der Waals surface area contributed by atoms with E-state index >= 15 is 0 Å². The molecule has 80 valence electrons. The third kappa shape index (κ3) is 1.95. The zero-order valence-corrected chi connectivity index (χ0v) is 9.12. The SMILES string of the molecule is Cc1ccccc1CC(=O)C1(CN)CC1. The van der Waals surface area contributed by atoms with Crippen LogP contribution in [-0.2, 0) is 11.2 Å². The van der Waals surface area contributed by atoms with Gasteiger partial charge in [0.15, 0.2) is 0 Å². The minimum Gasteiger partial charge on any atom is -0.329 e. The lowest BCUT2D eigenvalue weighted by molar-refractivity contribution is -0.123. The highest BCUT2D eigenvalue weighted by atomic mass is 16.1. The molecule has 1 aromatic carbocycles. The van der Waals surface area contributed by atoms with Crippen molar-refractivity contribution in [1.29, 1.82) is 0 Å². The molecule has 0 amide bonds. The normalized spacial score (nSPS) is 17.5. The molecular weight excluding hydrogens is 186 g/mol. The Hall–Kier alpha value is -1.15. The summed E-state index contributed by atoms with van der Waals surface area (Å²) < 4.78 is 0. The van der Waals surface area contributed by atoms with Gasteiger partial charge in [-0.2, -0.15) is 0 Å². The average molecular weight is 203 g/mol. The number of carbonyl (C=O) groups excluding carboxylic acids is 1. The third-order valence-corrected chi connectivity index (χ3v) is 3.45. The zero-order valence-electron chi connectivity index (χ0n) is 9.12. The molecule has 0 aliphatic heterocycles. The lowest BCUT2D eigenvalue weighted by atomic mass is 9.93. The van der Waals surface area contributed by atoms with Gasteiger partial charge in [-0.25, -0.2) is 0 Å². The van der Waals surface area contributed by atoms with Gasteiger partial charge in [0.05, 0.1) is 0 Å². The quantitative estimate of drug-likeness (QED) is 0.811. The Morgan fingerprint density at radius 2 is 2.07 bits per heavy atom. The molecule has 2 nitrogen and oxygen atoms in total. The number of hydrogen-bond donors (Lipinski definition) is 1. The van der Waals surface area contributed by atoms with E-state index in [1.807, 2.05) is 31.2 Å². The fraction of sp³-hybridized carbons (Fsp3) is 0.462. The van der Waals surface area contributed by atoms with Gasteiger partial charge >= 0.3 is 0 Å². The Morgan fingerprint density at radius 1 is 1.40 bits per heavy atom. The highest BCUT2D eigenvalue weighted by Gasteiger charge is 2.47. The second kappa shape index (κ2) is 3.78. The van der Waals surface area contributed by atoms with Crippen molar-refractivity contribution in [2.75, 3.05) is 6.54 Å². The van der Waals surface area contributed by atoms with Gasteiger partial charge in [-0.05, 0) is 30.9 Å². The van der Waals surface area contributed by atoms with Crippen molar-refractivity contribution in [3.8, 4) is 0 Å². The van der Waals surface area contributed by atoms with Gasteiger partial charge in [-0.3, -0.25) is 4.79 Å². The molecule has 0 saturated heterocycles. The third-order valence-electron chi connectivity index (χ3n) is 3.45. The molecule has 0 aromatic heterocycles. The predicted octanol–water partition coefficient (Wildman–Crippen LogP) is 1.85. The van der Waals surface area contributed by atoms with Crippen molar-refractivity contribution in [2.45, 2.75) is 26.2 Å². The van der Waals surface area contributed by atoms with Gasteiger partial charge in [-0.15, -0.1) is 0 Å². The monoisotopic (exact) mass is 203 g/mol. The molecule has 0 bridgehead atoms. The van der Waals surface area contributed by atoms with Crippen molar-refractivity contribution in [3.05, 3.63) is 35.4 Å². The van der Waals surface area contributed by atoms with Gasteiger partial charge in [0.25, 0.3) is 0 Å². The zero-order chi connectivity index (χ0) is 10.9. The van der Waals surface area contributed by atoms with Gasteiger partial charge < -0.3 is 5.73 Å². The lowest BCUT2D eigenvalue weighted by Gasteiger charge is -2.11. The van der Waals surface area contributed by atoms with Gasteiger partial charge in [-0.1, -0.05) is 24.3 Å². The van der Waals surface area contributed by atoms with Crippen LogP contribution in [-0.4, -0.2) is 12.3 Å². The minimum atomic E-state index is -0.164. The second-order valence-corrected chi connectivity index (χ2v) is 4.51. The molecule has 0 heterocycles. The van der Waals surface area contributed by atoms with Crippen LogP contribution in [0.25, 0.3) is 0 Å². The van der Waals surface area contributed by atoms with E-state index in [2.05, 4.69) is 0 Å². The first kappa shape index (κ1) is 10.4. The largest absolute Gasteiger partial charge is 0.329 e. The molecule has 2 N–H and O–H groups in total. The Balaban J connectivity index is 2.10. The molecule has 1 fully saturated rings. The lowest BCUT2D eigenvalue weighted by Crippen LogP contribution is -2.26. The van der Waals surface area contributed by atoms with Crippen LogP contribution in [0.15, 0.2) is 24.3 Å². The summed E-state index contributed by atoms with van der Waals surface area (Å²) in [7, 11) is 0. The molecule has 1 saturated carbocycles. The minimum absolute atomic E-state index is 0.164. The van der Waals surface area contributed by atoms with Gasteiger partial charge in [0, 0.05) is 18.4 Å². The van der Waals surface area contributed by atoms with E-state index in [-0.39, 0.29) is 5.41 Å². The standard InChI is InChI=1S/C13H17NO/c1-10-4-2-3-5-11(10)8-12(15)13(9-14)6-7-13/h2-5H,6-9,14H2,1H3. The van der Waals surface area contributed by atoms with Crippen molar-refractivity contribution in [2.24, 2.45) is 11.1 Å². The maximum atomic E-state index is 12.0. The molecule has 2 heteroatoms. The Kier molecular flexibility index (Phi) is 2.61. The first-order valence-corrected chi connectivity index (χ1v) is 5.46. The van der Waals surface area contributed by atoms with E-state index < -0.39 is 0 Å². The second-order valence-electron chi connectivity index (χ2n) is 4.51. The summed E-state index contributed by atoms with van der Waals surface area (Å²) in [4.78, 5) is 12.0. The van der Waals surface area contributed by atoms with Crippen molar-refractivity contribution in [1.82, 2.24) is 0 Å².